The molecule has 0 aliphatic carbocycles. The zero-order chi connectivity index (χ0) is 6.15. The summed E-state index contributed by atoms with van der Waals surface area (Å²) in [6.45, 7) is 0.286. The summed E-state index contributed by atoms with van der Waals surface area (Å²) in [6, 6.07) is 0. The summed E-state index contributed by atoms with van der Waals surface area (Å²) in [7, 11) is 0. The van der Waals surface area contributed by atoms with Gasteiger partial charge < -0.3 is 10.4 Å². The lowest BCUT2D eigenvalue weighted by Crippen LogP contribution is -2.52. The fourth-order valence-electron chi connectivity index (χ4n) is 0.487. The molecule has 0 unspecified atom stereocenters. The Labute approximate surface area is 45.5 Å². The van der Waals surface area contributed by atoms with Crippen LogP contribution in [-0.4, -0.2) is 23.5 Å². The van der Waals surface area contributed by atoms with Crippen molar-refractivity contribution in [2.75, 3.05) is 6.54 Å². The number of carboxylic acid groups (broad SMARTS) is 1. The van der Waals surface area contributed by atoms with Crippen molar-refractivity contribution in [2.24, 2.45) is 5.92 Å². The molecule has 4 nitrogen and oxygen atoms in total. The van der Waals surface area contributed by atoms with Crippen LogP contribution in [0.1, 0.15) is 0 Å². The predicted molar refractivity (Wildman–Crippen MR) is 24.1 cm³/mol. The van der Waals surface area contributed by atoms with Crippen LogP contribution in [0.4, 0.5) is 0 Å². The average Bonchev–Trinajstić information content (AvgIpc) is 1.61. The van der Waals surface area contributed by atoms with Gasteiger partial charge in [0.25, 0.3) is 0 Å². The molecule has 1 amide bonds. The third-order valence-electron chi connectivity index (χ3n) is 1.10. The molecule has 8 heavy (non-hydrogen) atoms. The molecule has 0 aromatic heterocycles. The van der Waals surface area contributed by atoms with Gasteiger partial charge in [0.2, 0.25) is 5.91 Å². The molecule has 44 valence electrons. The highest BCUT2D eigenvalue weighted by Gasteiger charge is 2.34. The molecular weight excluding hydrogens is 110 g/mol. The number of amides is 1. The molecule has 0 bridgehead atoms. The molecule has 1 fully saturated rings. The van der Waals surface area contributed by atoms with E-state index in [1.807, 2.05) is 0 Å². The number of aliphatic carboxylic acids is 1. The molecule has 1 saturated heterocycles. The van der Waals surface area contributed by atoms with Gasteiger partial charge in [-0.2, -0.15) is 0 Å². The molecule has 0 saturated carbocycles. The number of rotatable bonds is 1. The first-order valence-corrected chi connectivity index (χ1v) is 2.22. The quantitative estimate of drug-likeness (QED) is 0.334. The standard InChI is InChI=1S/C4H5NO3/c6-3-2(1-5-3)4(7)8/h2H,1H2,(H,5,6)(H,7,8)/t2-/m1/s1. The van der Waals surface area contributed by atoms with E-state index in [0.717, 1.165) is 0 Å². The highest BCUT2D eigenvalue weighted by molar-refractivity contribution is 6.01. The molecule has 0 radical (unpaired) electrons. The van der Waals surface area contributed by atoms with Gasteiger partial charge in [-0.05, 0) is 0 Å². The van der Waals surface area contributed by atoms with Gasteiger partial charge in [0.1, 0.15) is 0 Å². The van der Waals surface area contributed by atoms with E-state index in [-0.39, 0.29) is 12.5 Å². The molecule has 1 aliphatic rings. The van der Waals surface area contributed by atoms with Crippen LogP contribution < -0.4 is 5.32 Å². The van der Waals surface area contributed by atoms with Crippen LogP contribution in [0, 0.1) is 5.92 Å². The van der Waals surface area contributed by atoms with Gasteiger partial charge in [0, 0.05) is 6.54 Å². The topological polar surface area (TPSA) is 66.4 Å². The van der Waals surface area contributed by atoms with Crippen LogP contribution in [0.2, 0.25) is 0 Å². The van der Waals surface area contributed by atoms with Crippen LogP contribution in [0.25, 0.3) is 0 Å². The summed E-state index contributed by atoms with van der Waals surface area (Å²) in [6.07, 6.45) is 0. The molecule has 0 aromatic carbocycles. The summed E-state index contributed by atoms with van der Waals surface area (Å²) in [4.78, 5) is 20.1. The Kier molecular flexibility index (Phi) is 0.932. The number of carbonyl (C=O) groups excluding carboxylic acids is 1. The van der Waals surface area contributed by atoms with Crippen molar-refractivity contribution in [2.45, 2.75) is 0 Å². The van der Waals surface area contributed by atoms with Gasteiger partial charge in [-0.1, -0.05) is 0 Å². The minimum absolute atomic E-state index is 0.286. The monoisotopic (exact) mass is 115 g/mol. The summed E-state index contributed by atoms with van der Waals surface area (Å²) >= 11 is 0. The minimum Gasteiger partial charge on any atom is -0.481 e. The number of nitrogens with one attached hydrogen (secondary N) is 1. The highest BCUT2D eigenvalue weighted by atomic mass is 16.4. The third-order valence-corrected chi connectivity index (χ3v) is 1.10. The van der Waals surface area contributed by atoms with E-state index in [4.69, 9.17) is 5.11 Å². The fraction of sp³-hybridized carbons (Fsp3) is 0.500. The van der Waals surface area contributed by atoms with E-state index in [2.05, 4.69) is 5.32 Å². The summed E-state index contributed by atoms with van der Waals surface area (Å²) in [5, 5.41) is 10.5. The van der Waals surface area contributed by atoms with Gasteiger partial charge in [-0.15, -0.1) is 0 Å². The van der Waals surface area contributed by atoms with E-state index in [1.165, 1.54) is 0 Å². The lowest BCUT2D eigenvalue weighted by Gasteiger charge is -2.20. The largest absolute Gasteiger partial charge is 0.481 e. The normalized spacial score (nSPS) is 26.0. The van der Waals surface area contributed by atoms with Crippen LogP contribution in [0.3, 0.4) is 0 Å². The van der Waals surface area contributed by atoms with Crippen LogP contribution in [0.5, 0.6) is 0 Å². The SMILES string of the molecule is O=C(O)[C@@H]1CNC1=O. The Bertz CT molecular complexity index is 134. The summed E-state index contributed by atoms with van der Waals surface area (Å²) in [5.74, 6) is -2.19. The van der Waals surface area contributed by atoms with Crippen molar-refractivity contribution in [3.8, 4) is 0 Å². The van der Waals surface area contributed by atoms with Gasteiger partial charge in [-0.3, -0.25) is 9.59 Å². The predicted octanol–water partition coefficient (Wildman–Crippen LogP) is -1.18. The van der Waals surface area contributed by atoms with E-state index in [9.17, 15) is 9.59 Å². The van der Waals surface area contributed by atoms with Crippen molar-refractivity contribution in [3.05, 3.63) is 0 Å². The maximum absolute atomic E-state index is 10.2. The first-order valence-electron chi connectivity index (χ1n) is 2.22. The summed E-state index contributed by atoms with van der Waals surface area (Å²) < 4.78 is 0. The van der Waals surface area contributed by atoms with Gasteiger partial charge in [-0.25, -0.2) is 0 Å². The second kappa shape index (κ2) is 1.47. The molecule has 1 rings (SSSR count). The molecule has 1 heterocycles. The lowest BCUT2D eigenvalue weighted by atomic mass is 10.0. The first kappa shape index (κ1) is 5.08. The maximum atomic E-state index is 10.2. The Hall–Kier alpha value is -1.06. The van der Waals surface area contributed by atoms with E-state index >= 15 is 0 Å². The van der Waals surface area contributed by atoms with Crippen LogP contribution in [0.15, 0.2) is 0 Å². The molecule has 1 aliphatic heterocycles. The Morgan fingerprint density at radius 3 is 2.50 bits per heavy atom. The zero-order valence-electron chi connectivity index (χ0n) is 4.05. The van der Waals surface area contributed by atoms with Crippen LogP contribution >= 0.6 is 0 Å². The second-order valence-electron chi connectivity index (χ2n) is 1.64. The van der Waals surface area contributed by atoms with E-state index < -0.39 is 11.9 Å². The first-order chi connectivity index (χ1) is 3.72. The summed E-state index contributed by atoms with van der Waals surface area (Å²) in [5.41, 5.74) is 0. The van der Waals surface area contributed by atoms with Gasteiger partial charge in [0.05, 0.1) is 0 Å². The smallest absolute Gasteiger partial charge is 0.317 e. The molecule has 1 atom stereocenters. The maximum Gasteiger partial charge on any atom is 0.317 e. The minimum atomic E-state index is -1.03. The van der Waals surface area contributed by atoms with Crippen LogP contribution in [-0.2, 0) is 9.59 Å². The molecule has 2 N–H and O–H groups in total. The third kappa shape index (κ3) is 0.538. The Morgan fingerprint density at radius 2 is 2.50 bits per heavy atom. The van der Waals surface area contributed by atoms with E-state index in [0.29, 0.717) is 0 Å². The Morgan fingerprint density at radius 1 is 1.88 bits per heavy atom. The van der Waals surface area contributed by atoms with Crippen molar-refractivity contribution < 1.29 is 14.7 Å². The fourth-order valence-corrected chi connectivity index (χ4v) is 0.487. The second-order valence-corrected chi connectivity index (χ2v) is 1.64. The Balaban J connectivity index is 2.49. The number of carbonyl (C=O) groups is 2. The molecule has 0 aromatic rings. The molecular formula is C4H5NO3. The molecule has 0 spiro atoms. The molecule has 4 heteroatoms. The number of hydrogen-bond donors (Lipinski definition) is 2. The van der Waals surface area contributed by atoms with Gasteiger partial charge in [0.15, 0.2) is 5.92 Å². The van der Waals surface area contributed by atoms with Crippen molar-refractivity contribution in [1.82, 2.24) is 5.32 Å². The number of carboxylic acids is 1. The van der Waals surface area contributed by atoms with Crippen molar-refractivity contribution in [3.63, 3.8) is 0 Å². The number of β-lactam (4-membered cyclic amide) rings is 1. The zero-order valence-corrected chi connectivity index (χ0v) is 4.05. The van der Waals surface area contributed by atoms with E-state index in [1.54, 1.807) is 0 Å². The van der Waals surface area contributed by atoms with Gasteiger partial charge >= 0.3 is 5.97 Å². The van der Waals surface area contributed by atoms with Crippen molar-refractivity contribution in [1.29, 1.82) is 0 Å². The average molecular weight is 115 g/mol. The highest BCUT2D eigenvalue weighted by Crippen LogP contribution is 2.03. The lowest BCUT2D eigenvalue weighted by molar-refractivity contribution is -0.151. The number of hydrogen-bond acceptors (Lipinski definition) is 2. The van der Waals surface area contributed by atoms with Crippen molar-refractivity contribution >= 4 is 11.9 Å².